The van der Waals surface area contributed by atoms with E-state index in [1.54, 1.807) is 6.07 Å². The third-order valence-electron chi connectivity index (χ3n) is 3.28. The Hall–Kier alpha value is -2.56. The van der Waals surface area contributed by atoms with E-state index in [4.69, 9.17) is 0 Å². The zero-order valence-electron chi connectivity index (χ0n) is 14.0. The number of hydrogen-bond donors (Lipinski definition) is 2. The first-order valence-electron chi connectivity index (χ1n) is 7.59. The number of rotatable bonds is 4. The van der Waals surface area contributed by atoms with Crippen LogP contribution in [0.3, 0.4) is 0 Å². The van der Waals surface area contributed by atoms with Gasteiger partial charge in [-0.15, -0.1) is 0 Å². The number of hydrogen-bond acceptors (Lipinski definition) is 2. The van der Waals surface area contributed by atoms with E-state index in [1.807, 2.05) is 68.9 Å². The molecule has 1 heterocycles. The lowest BCUT2D eigenvalue weighted by Gasteiger charge is -2.20. The molecule has 0 aliphatic carbocycles. The molecule has 0 saturated carbocycles. The van der Waals surface area contributed by atoms with Gasteiger partial charge in [0.1, 0.15) is 0 Å². The third-order valence-corrected chi connectivity index (χ3v) is 3.28. The van der Waals surface area contributed by atoms with E-state index < -0.39 is 0 Å². The van der Waals surface area contributed by atoms with Crippen molar-refractivity contribution in [2.45, 2.75) is 33.2 Å². The molecule has 2 rings (SSSR count). The summed E-state index contributed by atoms with van der Waals surface area (Å²) in [6.45, 7) is 7.65. The Morgan fingerprint density at radius 2 is 1.78 bits per heavy atom. The van der Waals surface area contributed by atoms with Crippen LogP contribution in [0.4, 0.5) is 0 Å². The molecule has 0 spiro atoms. The number of nitrogens with zero attached hydrogens (tertiary/aromatic N) is 1. The summed E-state index contributed by atoms with van der Waals surface area (Å²) < 4.78 is 1.96. The SMILES string of the molecule is Cc1ccc(C(=O)NCC(=O)NC(C)(C)C)cc1-n1cccc1. The van der Waals surface area contributed by atoms with Gasteiger partial charge in [-0.1, -0.05) is 6.07 Å². The fraction of sp³-hybridized carbons (Fsp3) is 0.333. The van der Waals surface area contributed by atoms with Gasteiger partial charge in [-0.3, -0.25) is 9.59 Å². The maximum atomic E-state index is 12.2. The lowest BCUT2D eigenvalue weighted by atomic mass is 10.1. The number of amides is 2. The minimum Gasteiger partial charge on any atom is -0.350 e. The van der Waals surface area contributed by atoms with Crippen LogP contribution in [0, 0.1) is 6.92 Å². The van der Waals surface area contributed by atoms with Gasteiger partial charge >= 0.3 is 0 Å². The van der Waals surface area contributed by atoms with Gasteiger partial charge in [-0.2, -0.15) is 0 Å². The third kappa shape index (κ3) is 4.71. The molecule has 0 atom stereocenters. The Balaban J connectivity index is 2.06. The van der Waals surface area contributed by atoms with Crippen molar-refractivity contribution < 1.29 is 9.59 Å². The molecule has 1 aromatic carbocycles. The Kier molecular flexibility index (Phi) is 4.89. The van der Waals surface area contributed by atoms with Crippen LogP contribution in [0.5, 0.6) is 0 Å². The van der Waals surface area contributed by atoms with E-state index in [9.17, 15) is 9.59 Å². The van der Waals surface area contributed by atoms with Gasteiger partial charge in [0.25, 0.3) is 5.91 Å². The molecular weight excluding hydrogens is 290 g/mol. The van der Waals surface area contributed by atoms with Crippen LogP contribution >= 0.6 is 0 Å². The second kappa shape index (κ2) is 6.69. The van der Waals surface area contributed by atoms with Crippen molar-refractivity contribution in [2.24, 2.45) is 0 Å². The van der Waals surface area contributed by atoms with Crippen LogP contribution in [-0.2, 0) is 4.79 Å². The van der Waals surface area contributed by atoms with Crippen LogP contribution in [-0.4, -0.2) is 28.5 Å². The van der Waals surface area contributed by atoms with Crippen molar-refractivity contribution in [3.63, 3.8) is 0 Å². The molecule has 5 heteroatoms. The molecule has 2 aromatic rings. The summed E-state index contributed by atoms with van der Waals surface area (Å²) in [5.41, 5.74) is 2.24. The smallest absolute Gasteiger partial charge is 0.251 e. The van der Waals surface area contributed by atoms with Gasteiger partial charge in [-0.05, 0) is 57.5 Å². The summed E-state index contributed by atoms with van der Waals surface area (Å²) in [5, 5.41) is 5.46. The molecule has 5 nitrogen and oxygen atoms in total. The van der Waals surface area contributed by atoms with E-state index in [-0.39, 0.29) is 23.9 Å². The molecule has 1 aromatic heterocycles. The minimum atomic E-state index is -0.312. The van der Waals surface area contributed by atoms with Crippen LogP contribution in [0.2, 0.25) is 0 Å². The molecule has 0 fully saturated rings. The summed E-state index contributed by atoms with van der Waals surface area (Å²) in [6.07, 6.45) is 3.86. The summed E-state index contributed by atoms with van der Waals surface area (Å²) >= 11 is 0. The van der Waals surface area contributed by atoms with Crippen molar-refractivity contribution in [2.75, 3.05) is 6.54 Å². The predicted octanol–water partition coefficient (Wildman–Crippen LogP) is 2.43. The Labute approximate surface area is 136 Å². The second-order valence-electron chi connectivity index (χ2n) is 6.57. The maximum absolute atomic E-state index is 12.2. The largest absolute Gasteiger partial charge is 0.350 e. The maximum Gasteiger partial charge on any atom is 0.251 e. The summed E-state index contributed by atoms with van der Waals surface area (Å²) in [4.78, 5) is 24.0. The Morgan fingerprint density at radius 3 is 2.39 bits per heavy atom. The average Bonchev–Trinajstić information content (AvgIpc) is 2.97. The highest BCUT2D eigenvalue weighted by Crippen LogP contribution is 2.16. The fourth-order valence-electron chi connectivity index (χ4n) is 2.25. The van der Waals surface area contributed by atoms with Crippen LogP contribution < -0.4 is 10.6 Å². The zero-order valence-corrected chi connectivity index (χ0v) is 14.0. The highest BCUT2D eigenvalue weighted by Gasteiger charge is 2.15. The van der Waals surface area contributed by atoms with Crippen LogP contribution in [0.1, 0.15) is 36.7 Å². The molecule has 0 aliphatic rings. The molecular formula is C18H23N3O2. The Bertz CT molecular complexity index is 698. The van der Waals surface area contributed by atoms with Gasteiger partial charge in [0.05, 0.1) is 6.54 Å². The molecule has 0 aliphatic heterocycles. The molecule has 0 radical (unpaired) electrons. The molecule has 2 N–H and O–H groups in total. The number of nitrogens with one attached hydrogen (secondary N) is 2. The number of carbonyl (C=O) groups is 2. The first kappa shape index (κ1) is 16.8. The number of aromatic nitrogens is 1. The van der Waals surface area contributed by atoms with E-state index >= 15 is 0 Å². The van der Waals surface area contributed by atoms with E-state index in [1.165, 1.54) is 0 Å². The molecule has 0 saturated heterocycles. The Morgan fingerprint density at radius 1 is 1.13 bits per heavy atom. The minimum absolute atomic E-state index is 0.0389. The number of aryl methyl sites for hydroxylation is 1. The van der Waals surface area contributed by atoms with E-state index in [2.05, 4.69) is 10.6 Å². The number of benzene rings is 1. The van der Waals surface area contributed by atoms with Crippen molar-refractivity contribution in [3.05, 3.63) is 53.9 Å². The molecule has 122 valence electrons. The van der Waals surface area contributed by atoms with Gasteiger partial charge in [0, 0.05) is 29.2 Å². The van der Waals surface area contributed by atoms with Crippen LogP contribution in [0.25, 0.3) is 5.69 Å². The first-order valence-corrected chi connectivity index (χ1v) is 7.59. The lowest BCUT2D eigenvalue weighted by Crippen LogP contribution is -2.45. The average molecular weight is 313 g/mol. The summed E-state index contributed by atoms with van der Waals surface area (Å²) in [6, 6.07) is 9.36. The molecule has 0 unspecified atom stereocenters. The lowest BCUT2D eigenvalue weighted by molar-refractivity contribution is -0.121. The standard InChI is InChI=1S/C18H23N3O2/c1-13-7-8-14(11-15(13)21-9-5-6-10-21)17(23)19-12-16(22)20-18(2,3)4/h5-11H,12H2,1-4H3,(H,19,23)(H,20,22). The van der Waals surface area contributed by atoms with Gasteiger partial charge in [0.2, 0.25) is 5.91 Å². The van der Waals surface area contributed by atoms with Crippen molar-refractivity contribution in [3.8, 4) is 5.69 Å². The van der Waals surface area contributed by atoms with Crippen LogP contribution in [0.15, 0.2) is 42.7 Å². The first-order chi connectivity index (χ1) is 10.8. The van der Waals surface area contributed by atoms with Crippen molar-refractivity contribution in [1.82, 2.24) is 15.2 Å². The molecule has 2 amide bonds. The topological polar surface area (TPSA) is 63.1 Å². The monoisotopic (exact) mass is 313 g/mol. The predicted molar refractivity (Wildman–Crippen MR) is 90.7 cm³/mol. The summed E-state index contributed by atoms with van der Waals surface area (Å²) in [7, 11) is 0. The van der Waals surface area contributed by atoms with E-state index in [0.29, 0.717) is 5.56 Å². The normalized spacial score (nSPS) is 11.1. The van der Waals surface area contributed by atoms with Gasteiger partial charge in [0.15, 0.2) is 0 Å². The molecule has 0 bridgehead atoms. The zero-order chi connectivity index (χ0) is 17.0. The quantitative estimate of drug-likeness (QED) is 0.910. The van der Waals surface area contributed by atoms with E-state index in [0.717, 1.165) is 11.3 Å². The summed E-state index contributed by atoms with van der Waals surface area (Å²) in [5.74, 6) is -0.467. The highest BCUT2D eigenvalue weighted by molar-refractivity contribution is 5.97. The fourth-order valence-corrected chi connectivity index (χ4v) is 2.25. The van der Waals surface area contributed by atoms with Crippen molar-refractivity contribution >= 4 is 11.8 Å². The second-order valence-corrected chi connectivity index (χ2v) is 6.57. The molecule has 23 heavy (non-hydrogen) atoms. The highest BCUT2D eigenvalue weighted by atomic mass is 16.2. The van der Waals surface area contributed by atoms with Gasteiger partial charge < -0.3 is 15.2 Å². The van der Waals surface area contributed by atoms with Crippen molar-refractivity contribution in [1.29, 1.82) is 0 Å². The van der Waals surface area contributed by atoms with Gasteiger partial charge in [-0.25, -0.2) is 0 Å². The number of carbonyl (C=O) groups excluding carboxylic acids is 2.